The minimum Gasteiger partial charge on any atom is -0.493 e. The fraction of sp³-hybridized carbons (Fsp3) is 0.397. The van der Waals surface area contributed by atoms with Crippen LogP contribution in [0.5, 0.6) is 17.2 Å². The zero-order chi connectivity index (χ0) is 58.2. The average molecular weight is 1090 g/mol. The van der Waals surface area contributed by atoms with E-state index in [1.54, 1.807) is 18.2 Å². The molecule has 81 heavy (non-hydrogen) atoms. The van der Waals surface area contributed by atoms with Crippen molar-refractivity contribution in [1.82, 2.24) is 29.7 Å². The van der Waals surface area contributed by atoms with Gasteiger partial charge in [-0.1, -0.05) is 77.1 Å². The Morgan fingerprint density at radius 2 is 0.790 bits per heavy atom. The number of pyridine rings is 3. The van der Waals surface area contributed by atoms with Crippen molar-refractivity contribution in [3.63, 3.8) is 0 Å². The number of rotatable bonds is 14. The number of ether oxygens (including phenoxy) is 5. The number of methoxy groups -OCH3 is 1. The van der Waals surface area contributed by atoms with Crippen LogP contribution >= 0.6 is 0 Å². The molecule has 0 aliphatic carbocycles. The summed E-state index contributed by atoms with van der Waals surface area (Å²) in [6.07, 6.45) is 0. The second kappa shape index (κ2) is 27.9. The molecule has 1 aliphatic heterocycles. The van der Waals surface area contributed by atoms with E-state index in [9.17, 15) is 9.59 Å². The number of hydrogen-bond donors (Lipinski definition) is 0. The Balaban J connectivity index is 1.11. The molecule has 4 heterocycles. The second-order valence-corrected chi connectivity index (χ2v) is 23.9. The summed E-state index contributed by atoms with van der Waals surface area (Å²) < 4.78 is 28.1. The van der Waals surface area contributed by atoms with Crippen LogP contribution in [0.3, 0.4) is 0 Å². The molecule has 1 saturated heterocycles. The Kier molecular flexibility index (Phi) is 20.9. The van der Waals surface area contributed by atoms with Gasteiger partial charge in [0.25, 0.3) is 0 Å². The molecule has 1 fully saturated rings. The largest absolute Gasteiger partial charge is 0.493 e. The van der Waals surface area contributed by atoms with Crippen molar-refractivity contribution in [2.75, 3.05) is 66.2 Å². The SMILES string of the molecule is COC(=O)c1cc(C#Cc2ccc(OCC(=O)OC(C)(C)C)cc2)cc(CN2CCN(Cc3cc(C#Cc4ccc(OCC(C)(C)C)cc4)cc(C)n3)CCN(Cc3cc(C#Cc4ccc(OCC(C)(C)C)cc4)cc(C)n3)CC2)n1. The predicted octanol–water partition coefficient (Wildman–Crippen LogP) is 10.9. The third kappa shape index (κ3) is 21.5. The zero-order valence-corrected chi connectivity index (χ0v) is 49.4. The van der Waals surface area contributed by atoms with Crippen LogP contribution in [0.15, 0.2) is 109 Å². The third-order valence-electron chi connectivity index (χ3n) is 12.4. The minimum atomic E-state index is -0.602. The van der Waals surface area contributed by atoms with Gasteiger partial charge >= 0.3 is 11.9 Å². The smallest absolute Gasteiger partial charge is 0.356 e. The highest BCUT2D eigenvalue weighted by Gasteiger charge is 2.21. The van der Waals surface area contributed by atoms with Crippen molar-refractivity contribution in [2.24, 2.45) is 10.8 Å². The number of carbonyl (C=O) groups is 2. The molecule has 6 aromatic rings. The predicted molar refractivity (Wildman–Crippen MR) is 318 cm³/mol. The summed E-state index contributed by atoms with van der Waals surface area (Å²) in [6, 6.07) is 34.9. The highest BCUT2D eigenvalue weighted by molar-refractivity contribution is 5.87. The van der Waals surface area contributed by atoms with E-state index in [0.717, 1.165) is 101 Å². The molecule has 1 aliphatic rings. The first-order valence-corrected chi connectivity index (χ1v) is 27.6. The van der Waals surface area contributed by atoms with Crippen LogP contribution in [0.4, 0.5) is 0 Å². The van der Waals surface area contributed by atoms with Gasteiger partial charge in [-0.2, -0.15) is 0 Å². The Bertz CT molecular complexity index is 3160. The topological polar surface area (TPSA) is 129 Å². The molecule has 13 nitrogen and oxygen atoms in total. The Morgan fingerprint density at radius 1 is 0.457 bits per heavy atom. The van der Waals surface area contributed by atoms with Gasteiger partial charge < -0.3 is 23.7 Å². The molecule has 422 valence electrons. The lowest BCUT2D eigenvalue weighted by atomic mass is 9.99. The summed E-state index contributed by atoms with van der Waals surface area (Å²) in [5.74, 6) is 21.1. The maximum absolute atomic E-state index is 13.1. The highest BCUT2D eigenvalue weighted by Crippen LogP contribution is 2.22. The molecule has 0 bridgehead atoms. The lowest BCUT2D eigenvalue weighted by molar-refractivity contribution is -0.157. The standard InChI is InChI=1S/C68H78N6O7/c1-49-37-54(16-13-51-21-27-61(28-22-51)79-47-66(3,4)5)39-57(69-49)43-72-31-32-73(44-58-40-55(38-50(2)70-58)17-14-52-23-29-62(30-24-52)80-48-67(6,7)8)34-36-74(35-33-72)45-59-41-56(42-63(71-59)65(76)77-12)18-15-53-19-25-60(26-20-53)78-46-64(75)81-68(9,10)11/h19-30,37-42H,31-36,43-48H2,1-12H3. The summed E-state index contributed by atoms with van der Waals surface area (Å²) in [5.41, 5.74) is 9.05. The number of aromatic nitrogens is 3. The molecular formula is C68H78N6O7. The van der Waals surface area contributed by atoms with Crippen molar-refractivity contribution in [3.8, 4) is 52.8 Å². The molecule has 0 atom stereocenters. The average Bonchev–Trinajstić information content (AvgIpc) is 3.51. The minimum absolute atomic E-state index is 0.0672. The molecule has 3 aromatic carbocycles. The van der Waals surface area contributed by atoms with Crippen molar-refractivity contribution in [2.45, 2.75) is 101 Å². The zero-order valence-electron chi connectivity index (χ0n) is 49.4. The van der Waals surface area contributed by atoms with Crippen LogP contribution in [0.25, 0.3) is 0 Å². The number of hydrogen-bond acceptors (Lipinski definition) is 13. The van der Waals surface area contributed by atoms with E-state index in [2.05, 4.69) is 104 Å². The van der Waals surface area contributed by atoms with Crippen LogP contribution in [-0.4, -0.2) is 113 Å². The highest BCUT2D eigenvalue weighted by atomic mass is 16.6. The second-order valence-electron chi connectivity index (χ2n) is 23.9. The molecule has 0 radical (unpaired) electrons. The quantitative estimate of drug-likeness (QED) is 0.0759. The van der Waals surface area contributed by atoms with Crippen molar-refractivity contribution in [1.29, 1.82) is 0 Å². The lowest BCUT2D eigenvalue weighted by Crippen LogP contribution is -2.36. The molecule has 0 saturated carbocycles. The van der Waals surface area contributed by atoms with E-state index in [-0.39, 0.29) is 23.1 Å². The molecule has 7 rings (SSSR count). The number of carbonyl (C=O) groups excluding carboxylic acids is 2. The molecule has 0 N–H and O–H groups in total. The fourth-order valence-corrected chi connectivity index (χ4v) is 8.53. The lowest BCUT2D eigenvalue weighted by Gasteiger charge is -2.25. The van der Waals surface area contributed by atoms with Gasteiger partial charge in [-0.15, -0.1) is 0 Å². The first kappa shape index (κ1) is 60.6. The molecular weight excluding hydrogens is 1010 g/mol. The maximum Gasteiger partial charge on any atom is 0.356 e. The molecule has 13 heteroatoms. The van der Waals surface area contributed by atoms with Crippen LogP contribution in [0.2, 0.25) is 0 Å². The molecule has 0 unspecified atom stereocenters. The number of esters is 2. The molecule has 0 spiro atoms. The summed E-state index contributed by atoms with van der Waals surface area (Å²) in [7, 11) is 1.35. The fourth-order valence-electron chi connectivity index (χ4n) is 8.53. The Labute approximate surface area is 480 Å². The van der Waals surface area contributed by atoms with E-state index in [0.29, 0.717) is 49.9 Å². The van der Waals surface area contributed by atoms with E-state index in [4.69, 9.17) is 38.6 Å². The van der Waals surface area contributed by atoms with Crippen LogP contribution in [0, 0.1) is 60.2 Å². The van der Waals surface area contributed by atoms with Crippen LogP contribution in [-0.2, 0) is 33.9 Å². The summed E-state index contributed by atoms with van der Waals surface area (Å²) in [4.78, 5) is 47.4. The normalized spacial score (nSPS) is 13.6. The van der Waals surface area contributed by atoms with Gasteiger partial charge in [-0.05, 0) is 155 Å². The summed E-state index contributed by atoms with van der Waals surface area (Å²) in [6.45, 7) is 29.7. The summed E-state index contributed by atoms with van der Waals surface area (Å²) >= 11 is 0. The number of nitrogens with zero attached hydrogens (tertiary/aromatic N) is 6. The maximum atomic E-state index is 13.1. The van der Waals surface area contributed by atoms with Crippen molar-refractivity contribution < 1.29 is 33.3 Å². The van der Waals surface area contributed by atoms with Gasteiger partial charge in [-0.25, -0.2) is 14.6 Å². The third-order valence-corrected chi connectivity index (χ3v) is 12.4. The van der Waals surface area contributed by atoms with Crippen LogP contribution < -0.4 is 14.2 Å². The van der Waals surface area contributed by atoms with E-state index in [1.807, 2.05) is 113 Å². The van der Waals surface area contributed by atoms with Gasteiger partial charge in [0, 0.05) is 104 Å². The van der Waals surface area contributed by atoms with Gasteiger partial charge in [0.2, 0.25) is 0 Å². The van der Waals surface area contributed by atoms with E-state index < -0.39 is 17.5 Å². The van der Waals surface area contributed by atoms with Crippen molar-refractivity contribution >= 4 is 11.9 Å². The molecule has 3 aromatic heterocycles. The summed E-state index contributed by atoms with van der Waals surface area (Å²) in [5, 5.41) is 0. The Morgan fingerprint density at radius 3 is 1.14 bits per heavy atom. The first-order chi connectivity index (χ1) is 38.5. The first-order valence-electron chi connectivity index (χ1n) is 27.6. The van der Waals surface area contributed by atoms with E-state index in [1.165, 1.54) is 7.11 Å². The van der Waals surface area contributed by atoms with Gasteiger partial charge in [0.1, 0.15) is 28.5 Å². The number of aryl methyl sites for hydroxylation is 2. The number of benzene rings is 3. The van der Waals surface area contributed by atoms with Gasteiger partial charge in [-0.3, -0.25) is 24.7 Å². The van der Waals surface area contributed by atoms with Crippen molar-refractivity contribution in [3.05, 3.63) is 177 Å². The van der Waals surface area contributed by atoms with Crippen LogP contribution in [0.1, 0.15) is 135 Å². The van der Waals surface area contributed by atoms with Gasteiger partial charge in [0.15, 0.2) is 6.61 Å². The Hall–Kier alpha value is -7.99. The monoisotopic (exact) mass is 1090 g/mol. The van der Waals surface area contributed by atoms with Gasteiger partial charge in [0.05, 0.1) is 37.4 Å². The molecule has 0 amide bonds. The van der Waals surface area contributed by atoms with E-state index >= 15 is 0 Å².